The standard InChI is InChI=1S/C16H15Cl2N3/c1-2-3-16-20-13-9-11(19)5-7-14(13)21(16)15-8-10(17)4-6-12(15)18/h4-9H,2-3,19H2,1H3. The fourth-order valence-corrected chi connectivity index (χ4v) is 2.83. The molecule has 0 saturated carbocycles. The Morgan fingerprint density at radius 1 is 1.14 bits per heavy atom. The number of fused-ring (bicyclic) bond motifs is 1. The van der Waals surface area contributed by atoms with E-state index in [0.29, 0.717) is 15.7 Å². The number of imidazole rings is 1. The highest BCUT2D eigenvalue weighted by Gasteiger charge is 2.14. The van der Waals surface area contributed by atoms with Crippen molar-refractivity contribution >= 4 is 39.9 Å². The average Bonchev–Trinajstić information content (AvgIpc) is 2.79. The van der Waals surface area contributed by atoms with Crippen LogP contribution in [0.5, 0.6) is 0 Å². The van der Waals surface area contributed by atoms with E-state index in [1.807, 2.05) is 24.3 Å². The molecule has 5 heteroatoms. The topological polar surface area (TPSA) is 43.8 Å². The number of aryl methyl sites for hydroxylation is 1. The quantitative estimate of drug-likeness (QED) is 0.700. The van der Waals surface area contributed by atoms with Crippen LogP contribution in [-0.4, -0.2) is 9.55 Å². The molecule has 3 rings (SSSR count). The van der Waals surface area contributed by atoms with Crippen LogP contribution in [-0.2, 0) is 6.42 Å². The van der Waals surface area contributed by atoms with Crippen LogP contribution in [0.1, 0.15) is 19.2 Å². The Morgan fingerprint density at radius 3 is 2.71 bits per heavy atom. The van der Waals surface area contributed by atoms with E-state index in [9.17, 15) is 0 Å². The minimum absolute atomic E-state index is 0.646. The van der Waals surface area contributed by atoms with Crippen LogP contribution in [0.3, 0.4) is 0 Å². The molecule has 21 heavy (non-hydrogen) atoms. The van der Waals surface area contributed by atoms with Gasteiger partial charge in [0.15, 0.2) is 0 Å². The molecule has 3 aromatic rings. The minimum Gasteiger partial charge on any atom is -0.399 e. The van der Waals surface area contributed by atoms with Gasteiger partial charge in [-0.15, -0.1) is 0 Å². The van der Waals surface area contributed by atoms with Gasteiger partial charge in [0, 0.05) is 17.1 Å². The predicted molar refractivity (Wildman–Crippen MR) is 89.5 cm³/mol. The van der Waals surface area contributed by atoms with Gasteiger partial charge in [-0.25, -0.2) is 4.98 Å². The van der Waals surface area contributed by atoms with Crippen LogP contribution in [0.15, 0.2) is 36.4 Å². The third-order valence-electron chi connectivity index (χ3n) is 3.37. The van der Waals surface area contributed by atoms with Gasteiger partial charge < -0.3 is 5.73 Å². The molecular formula is C16H15Cl2N3. The van der Waals surface area contributed by atoms with Gasteiger partial charge in [0.2, 0.25) is 0 Å². The number of rotatable bonds is 3. The van der Waals surface area contributed by atoms with E-state index in [-0.39, 0.29) is 0 Å². The smallest absolute Gasteiger partial charge is 0.114 e. The van der Waals surface area contributed by atoms with Gasteiger partial charge in [-0.05, 0) is 42.8 Å². The molecule has 1 aromatic heterocycles. The first-order chi connectivity index (χ1) is 10.1. The molecule has 0 aliphatic heterocycles. The molecule has 0 aliphatic rings. The number of aromatic nitrogens is 2. The van der Waals surface area contributed by atoms with Crippen molar-refractivity contribution in [1.82, 2.24) is 9.55 Å². The first kappa shape index (κ1) is 14.2. The molecule has 2 aromatic carbocycles. The van der Waals surface area contributed by atoms with Gasteiger partial charge in [-0.1, -0.05) is 30.1 Å². The van der Waals surface area contributed by atoms with Crippen LogP contribution in [0.2, 0.25) is 10.0 Å². The fourth-order valence-electron chi connectivity index (χ4n) is 2.46. The maximum Gasteiger partial charge on any atom is 0.114 e. The molecule has 0 radical (unpaired) electrons. The number of nitrogens with zero attached hydrogens (tertiary/aromatic N) is 2. The van der Waals surface area contributed by atoms with Gasteiger partial charge in [-0.3, -0.25) is 4.57 Å². The van der Waals surface area contributed by atoms with Crippen LogP contribution >= 0.6 is 23.2 Å². The monoisotopic (exact) mass is 319 g/mol. The number of halogens is 2. The van der Waals surface area contributed by atoms with E-state index in [1.54, 1.807) is 12.1 Å². The number of anilines is 1. The second-order valence-electron chi connectivity index (χ2n) is 4.96. The first-order valence-electron chi connectivity index (χ1n) is 6.82. The third-order valence-corrected chi connectivity index (χ3v) is 3.93. The summed E-state index contributed by atoms with van der Waals surface area (Å²) in [6.45, 7) is 2.12. The Morgan fingerprint density at radius 2 is 1.95 bits per heavy atom. The van der Waals surface area contributed by atoms with Crippen LogP contribution < -0.4 is 5.73 Å². The zero-order valence-corrected chi connectivity index (χ0v) is 13.1. The molecule has 0 aliphatic carbocycles. The fraction of sp³-hybridized carbons (Fsp3) is 0.188. The zero-order chi connectivity index (χ0) is 15.0. The number of benzene rings is 2. The third kappa shape index (κ3) is 2.59. The molecule has 0 saturated heterocycles. The number of hydrogen-bond acceptors (Lipinski definition) is 2. The van der Waals surface area contributed by atoms with Crippen LogP contribution in [0.25, 0.3) is 16.7 Å². The summed E-state index contributed by atoms with van der Waals surface area (Å²) in [5.41, 5.74) is 9.25. The van der Waals surface area contributed by atoms with Crippen molar-refractivity contribution < 1.29 is 0 Å². The lowest BCUT2D eigenvalue weighted by Crippen LogP contribution is -2.02. The Kier molecular flexibility index (Phi) is 3.79. The van der Waals surface area contributed by atoms with Crippen molar-refractivity contribution in [2.75, 3.05) is 5.73 Å². The van der Waals surface area contributed by atoms with E-state index in [4.69, 9.17) is 33.9 Å². The highest BCUT2D eigenvalue weighted by molar-refractivity contribution is 6.34. The lowest BCUT2D eigenvalue weighted by Gasteiger charge is -2.11. The van der Waals surface area contributed by atoms with Crippen molar-refractivity contribution in [2.24, 2.45) is 0 Å². The zero-order valence-electron chi connectivity index (χ0n) is 11.6. The summed E-state index contributed by atoms with van der Waals surface area (Å²) < 4.78 is 2.06. The number of hydrogen-bond donors (Lipinski definition) is 1. The van der Waals surface area contributed by atoms with Crippen molar-refractivity contribution in [3.8, 4) is 5.69 Å². The Balaban J connectivity index is 2.33. The van der Waals surface area contributed by atoms with Gasteiger partial charge in [0.05, 0.1) is 21.7 Å². The molecule has 0 spiro atoms. The Bertz CT molecular complexity index is 809. The van der Waals surface area contributed by atoms with Crippen LogP contribution in [0, 0.1) is 0 Å². The summed E-state index contributed by atoms with van der Waals surface area (Å²) in [5, 5.41) is 1.29. The van der Waals surface area contributed by atoms with E-state index >= 15 is 0 Å². The summed E-state index contributed by atoms with van der Waals surface area (Å²) in [6.07, 6.45) is 1.86. The molecular weight excluding hydrogens is 305 g/mol. The molecule has 0 bridgehead atoms. The minimum atomic E-state index is 0.646. The summed E-state index contributed by atoms with van der Waals surface area (Å²) in [5.74, 6) is 0.960. The van der Waals surface area contributed by atoms with E-state index in [1.165, 1.54) is 0 Å². The lowest BCUT2D eigenvalue weighted by atomic mass is 10.2. The van der Waals surface area contributed by atoms with Crippen molar-refractivity contribution in [3.63, 3.8) is 0 Å². The summed E-state index contributed by atoms with van der Waals surface area (Å²) >= 11 is 12.5. The highest BCUT2D eigenvalue weighted by Crippen LogP contribution is 2.30. The van der Waals surface area contributed by atoms with Crippen LogP contribution in [0.4, 0.5) is 5.69 Å². The van der Waals surface area contributed by atoms with Gasteiger partial charge in [0.25, 0.3) is 0 Å². The second-order valence-corrected chi connectivity index (χ2v) is 5.80. The number of nitrogen functional groups attached to an aromatic ring is 1. The number of nitrogens with two attached hydrogens (primary N) is 1. The average molecular weight is 320 g/mol. The molecule has 0 amide bonds. The molecule has 2 N–H and O–H groups in total. The van der Waals surface area contributed by atoms with Crippen molar-refractivity contribution in [1.29, 1.82) is 0 Å². The maximum absolute atomic E-state index is 6.36. The Labute approximate surface area is 133 Å². The van der Waals surface area contributed by atoms with E-state index in [0.717, 1.165) is 35.4 Å². The molecule has 108 valence electrons. The largest absolute Gasteiger partial charge is 0.399 e. The van der Waals surface area contributed by atoms with Gasteiger partial charge in [-0.2, -0.15) is 0 Å². The van der Waals surface area contributed by atoms with Gasteiger partial charge in [0.1, 0.15) is 5.82 Å². The highest BCUT2D eigenvalue weighted by atomic mass is 35.5. The maximum atomic E-state index is 6.36. The summed E-state index contributed by atoms with van der Waals surface area (Å²) in [7, 11) is 0. The summed E-state index contributed by atoms with van der Waals surface area (Å²) in [4.78, 5) is 4.69. The van der Waals surface area contributed by atoms with E-state index in [2.05, 4.69) is 11.5 Å². The van der Waals surface area contributed by atoms with Crippen molar-refractivity contribution in [2.45, 2.75) is 19.8 Å². The molecule has 0 atom stereocenters. The lowest BCUT2D eigenvalue weighted by molar-refractivity contribution is 0.818. The van der Waals surface area contributed by atoms with Crippen molar-refractivity contribution in [3.05, 3.63) is 52.3 Å². The summed E-state index contributed by atoms with van der Waals surface area (Å²) in [6, 6.07) is 11.2. The van der Waals surface area contributed by atoms with E-state index < -0.39 is 0 Å². The molecule has 1 heterocycles. The SMILES string of the molecule is CCCc1nc2cc(N)ccc2n1-c1cc(Cl)ccc1Cl. The molecule has 0 fully saturated rings. The predicted octanol–water partition coefficient (Wildman–Crippen LogP) is 4.87. The second kappa shape index (κ2) is 5.58. The molecule has 0 unspecified atom stereocenters. The molecule has 3 nitrogen and oxygen atoms in total. The first-order valence-corrected chi connectivity index (χ1v) is 7.58. The normalized spacial score (nSPS) is 11.2. The van der Waals surface area contributed by atoms with Gasteiger partial charge >= 0.3 is 0 Å². The Hall–Kier alpha value is -1.71.